The van der Waals surface area contributed by atoms with Gasteiger partial charge in [-0.15, -0.1) is 0 Å². The normalized spacial score (nSPS) is 11.4. The molecule has 34 heavy (non-hydrogen) atoms. The molecule has 0 aromatic carbocycles. The second-order valence-corrected chi connectivity index (χ2v) is 10.9. The van der Waals surface area contributed by atoms with Crippen LogP contribution < -0.4 is 17.1 Å². The van der Waals surface area contributed by atoms with E-state index in [0.29, 0.717) is 25.3 Å². The smallest absolute Gasteiger partial charge is 0.336 e. The molecular formula is C24H45N3O5S2. The van der Waals surface area contributed by atoms with Gasteiger partial charge in [0.15, 0.2) is 0 Å². The van der Waals surface area contributed by atoms with Crippen molar-refractivity contribution >= 4 is 23.5 Å². The Morgan fingerprint density at radius 2 is 0.941 bits per heavy atom. The standard InChI is InChI=1S/C24H45N3O5S2/c1-2-25-22(30)26(24(32)27(23(25)31)15-13-20-34-21-17-29)14-12-19-33-18-11-9-7-5-3-4-6-8-10-16-28/h28-29H,2-21H2,1H3. The van der Waals surface area contributed by atoms with Gasteiger partial charge < -0.3 is 10.2 Å². The van der Waals surface area contributed by atoms with Gasteiger partial charge in [0.2, 0.25) is 0 Å². The SMILES string of the molecule is CCn1c(=O)n(CCCSCCO)c(=O)n(CCCSCCCCCCCCCCCO)c1=O. The van der Waals surface area contributed by atoms with Gasteiger partial charge in [-0.3, -0.25) is 0 Å². The molecule has 198 valence electrons. The number of hydrogen-bond acceptors (Lipinski definition) is 7. The van der Waals surface area contributed by atoms with Crippen molar-refractivity contribution in [2.24, 2.45) is 0 Å². The molecule has 1 rings (SSSR count). The third kappa shape index (κ3) is 12.1. The first-order valence-electron chi connectivity index (χ1n) is 12.9. The van der Waals surface area contributed by atoms with Gasteiger partial charge in [0.05, 0.1) is 6.61 Å². The van der Waals surface area contributed by atoms with Crippen molar-refractivity contribution in [3.8, 4) is 0 Å². The van der Waals surface area contributed by atoms with Gasteiger partial charge >= 0.3 is 17.1 Å². The van der Waals surface area contributed by atoms with Crippen LogP contribution >= 0.6 is 23.5 Å². The summed E-state index contributed by atoms with van der Waals surface area (Å²) in [7, 11) is 0. The lowest BCUT2D eigenvalue weighted by Gasteiger charge is -2.13. The number of hydrogen-bond donors (Lipinski definition) is 2. The maximum Gasteiger partial charge on any atom is 0.336 e. The van der Waals surface area contributed by atoms with E-state index in [4.69, 9.17) is 10.2 Å². The molecule has 0 amide bonds. The van der Waals surface area contributed by atoms with Crippen molar-refractivity contribution in [2.45, 2.75) is 97.2 Å². The highest BCUT2D eigenvalue weighted by molar-refractivity contribution is 7.99. The van der Waals surface area contributed by atoms with Crippen molar-refractivity contribution in [2.75, 3.05) is 36.2 Å². The van der Waals surface area contributed by atoms with Crippen molar-refractivity contribution in [1.29, 1.82) is 0 Å². The van der Waals surface area contributed by atoms with Crippen molar-refractivity contribution < 1.29 is 10.2 Å². The fourth-order valence-electron chi connectivity index (χ4n) is 3.81. The quantitative estimate of drug-likeness (QED) is 0.227. The summed E-state index contributed by atoms with van der Waals surface area (Å²) >= 11 is 3.44. The summed E-state index contributed by atoms with van der Waals surface area (Å²) in [6.45, 7) is 3.03. The van der Waals surface area contributed by atoms with Gasteiger partial charge in [0, 0.05) is 32.0 Å². The number of aliphatic hydroxyl groups excluding tert-OH is 2. The summed E-state index contributed by atoms with van der Waals surface area (Å²) < 4.78 is 3.54. The molecule has 0 spiro atoms. The minimum Gasteiger partial charge on any atom is -0.396 e. The van der Waals surface area contributed by atoms with E-state index in [0.717, 1.165) is 41.1 Å². The minimum atomic E-state index is -0.527. The molecule has 2 N–H and O–H groups in total. The van der Waals surface area contributed by atoms with E-state index in [9.17, 15) is 14.4 Å². The Kier molecular flexibility index (Phi) is 18.5. The summed E-state index contributed by atoms with van der Waals surface area (Å²) in [6, 6.07) is 0. The average Bonchev–Trinajstić information content (AvgIpc) is 2.83. The number of aromatic nitrogens is 3. The lowest BCUT2D eigenvalue weighted by atomic mass is 10.1. The lowest BCUT2D eigenvalue weighted by Crippen LogP contribution is -2.54. The largest absolute Gasteiger partial charge is 0.396 e. The van der Waals surface area contributed by atoms with Gasteiger partial charge in [0.1, 0.15) is 0 Å². The molecule has 0 saturated carbocycles. The van der Waals surface area contributed by atoms with Gasteiger partial charge in [0.25, 0.3) is 0 Å². The Balaban J connectivity index is 2.36. The maximum atomic E-state index is 12.8. The van der Waals surface area contributed by atoms with Crippen molar-refractivity contribution in [1.82, 2.24) is 13.7 Å². The highest BCUT2D eigenvalue weighted by Crippen LogP contribution is 2.12. The van der Waals surface area contributed by atoms with Crippen LogP contribution in [0.5, 0.6) is 0 Å². The maximum absolute atomic E-state index is 12.8. The predicted molar refractivity (Wildman–Crippen MR) is 145 cm³/mol. The topological polar surface area (TPSA) is 106 Å². The third-order valence-corrected chi connectivity index (χ3v) is 7.93. The highest BCUT2D eigenvalue weighted by Gasteiger charge is 2.14. The van der Waals surface area contributed by atoms with E-state index >= 15 is 0 Å². The molecule has 0 atom stereocenters. The Hall–Kier alpha value is -0.970. The van der Waals surface area contributed by atoms with Gasteiger partial charge in [-0.05, 0) is 49.9 Å². The molecule has 1 heterocycles. The molecule has 1 aromatic rings. The summed E-state index contributed by atoms with van der Waals surface area (Å²) in [5.74, 6) is 3.37. The zero-order valence-electron chi connectivity index (χ0n) is 20.9. The van der Waals surface area contributed by atoms with Crippen LogP contribution in [0.1, 0.15) is 77.6 Å². The zero-order chi connectivity index (χ0) is 25.0. The number of thioether (sulfide) groups is 2. The minimum absolute atomic E-state index is 0.114. The van der Waals surface area contributed by atoms with E-state index in [1.807, 2.05) is 11.8 Å². The lowest BCUT2D eigenvalue weighted by molar-refractivity contribution is 0.282. The molecule has 0 fully saturated rings. The first-order valence-corrected chi connectivity index (χ1v) is 15.2. The van der Waals surface area contributed by atoms with Crippen LogP contribution in [0.4, 0.5) is 0 Å². The van der Waals surface area contributed by atoms with Crippen molar-refractivity contribution in [3.05, 3.63) is 31.5 Å². The highest BCUT2D eigenvalue weighted by atomic mass is 32.2. The number of unbranched alkanes of at least 4 members (excludes halogenated alkanes) is 8. The molecule has 1 aromatic heterocycles. The van der Waals surface area contributed by atoms with E-state index in [1.54, 1.807) is 18.7 Å². The summed E-state index contributed by atoms with van der Waals surface area (Å²) in [4.78, 5) is 38.0. The number of rotatable bonds is 22. The van der Waals surface area contributed by atoms with E-state index in [2.05, 4.69) is 0 Å². The van der Waals surface area contributed by atoms with Gasteiger partial charge in [-0.25, -0.2) is 28.1 Å². The fraction of sp³-hybridized carbons (Fsp3) is 0.875. The number of aliphatic hydroxyl groups is 2. The van der Waals surface area contributed by atoms with Crippen molar-refractivity contribution in [3.63, 3.8) is 0 Å². The summed E-state index contributed by atoms with van der Waals surface area (Å²) in [5, 5.41) is 17.6. The summed E-state index contributed by atoms with van der Waals surface area (Å²) in [5.41, 5.74) is -1.54. The third-order valence-electron chi connectivity index (χ3n) is 5.72. The van der Waals surface area contributed by atoms with Crippen LogP contribution in [0.3, 0.4) is 0 Å². The second kappa shape index (κ2) is 20.2. The Morgan fingerprint density at radius 3 is 1.41 bits per heavy atom. The van der Waals surface area contributed by atoms with Crippen LogP contribution in [-0.2, 0) is 19.6 Å². The Labute approximate surface area is 212 Å². The molecule has 0 radical (unpaired) electrons. The molecule has 0 unspecified atom stereocenters. The monoisotopic (exact) mass is 519 g/mol. The predicted octanol–water partition coefficient (Wildman–Crippen LogP) is 2.93. The Morgan fingerprint density at radius 1 is 0.529 bits per heavy atom. The molecule has 10 heteroatoms. The van der Waals surface area contributed by atoms with Crippen LogP contribution in [0, 0.1) is 0 Å². The molecule has 0 bridgehead atoms. The molecule has 8 nitrogen and oxygen atoms in total. The molecule has 0 aliphatic heterocycles. The van der Waals surface area contributed by atoms with E-state index in [1.165, 1.54) is 54.1 Å². The van der Waals surface area contributed by atoms with E-state index < -0.39 is 17.1 Å². The zero-order valence-corrected chi connectivity index (χ0v) is 22.6. The van der Waals surface area contributed by atoms with Crippen LogP contribution in [0.15, 0.2) is 14.4 Å². The van der Waals surface area contributed by atoms with Gasteiger partial charge in [-0.2, -0.15) is 23.5 Å². The summed E-state index contributed by atoms with van der Waals surface area (Å²) in [6.07, 6.45) is 12.2. The second-order valence-electron chi connectivity index (χ2n) is 8.46. The first kappa shape index (κ1) is 31.1. The average molecular weight is 520 g/mol. The number of nitrogens with zero attached hydrogens (tertiary/aromatic N) is 3. The van der Waals surface area contributed by atoms with Crippen LogP contribution in [-0.4, -0.2) is 60.1 Å². The molecular weight excluding hydrogens is 474 g/mol. The Bertz CT molecular complexity index is 822. The first-order chi connectivity index (χ1) is 16.6. The van der Waals surface area contributed by atoms with Gasteiger partial charge in [-0.1, -0.05) is 44.9 Å². The molecule has 0 saturated heterocycles. The van der Waals surface area contributed by atoms with E-state index in [-0.39, 0.29) is 19.7 Å². The van der Waals surface area contributed by atoms with Crippen LogP contribution in [0.2, 0.25) is 0 Å². The molecule has 0 aliphatic carbocycles. The van der Waals surface area contributed by atoms with Crippen LogP contribution in [0.25, 0.3) is 0 Å². The molecule has 0 aliphatic rings. The fourth-order valence-corrected chi connectivity index (χ4v) is 5.42.